The molecule has 0 saturated carbocycles. The number of benzene rings is 3. The van der Waals surface area contributed by atoms with Crippen LogP contribution in [0.2, 0.25) is 0 Å². The van der Waals surface area contributed by atoms with Crippen molar-refractivity contribution >= 4 is 22.7 Å². The van der Waals surface area contributed by atoms with Gasteiger partial charge in [-0.2, -0.15) is 18.9 Å². The van der Waals surface area contributed by atoms with E-state index in [2.05, 4.69) is 132 Å². The van der Waals surface area contributed by atoms with Crippen LogP contribution in [0.5, 0.6) is 0 Å². The molecule has 0 aromatic heterocycles. The number of hydrazine groups is 2. The summed E-state index contributed by atoms with van der Waals surface area (Å²) in [6.45, 7) is 20.1. The van der Waals surface area contributed by atoms with Crippen molar-refractivity contribution in [1.82, 2.24) is 16.0 Å². The third kappa shape index (κ3) is 14.2. The van der Waals surface area contributed by atoms with Gasteiger partial charge in [-0.15, -0.1) is 17.7 Å². The Morgan fingerprint density at radius 3 is 1.19 bits per heavy atom. The number of allylic oxidation sites excluding steroid dienone is 1. The van der Waals surface area contributed by atoms with Crippen molar-refractivity contribution in [3.63, 3.8) is 0 Å². The number of nitrogens with zero attached hydrogens (tertiary/aromatic N) is 5. The molecule has 8 heteroatoms. The van der Waals surface area contributed by atoms with Crippen LogP contribution in [-0.4, -0.2) is 38.2 Å². The van der Waals surface area contributed by atoms with E-state index in [0.717, 1.165) is 31.7 Å². The molecule has 0 bridgehead atoms. The molecule has 6 rings (SSSR count). The molecule has 7 nitrogen and oxygen atoms in total. The number of fused-ring (bicyclic) bond motifs is 2. The molecule has 0 atom stereocenters. The van der Waals surface area contributed by atoms with E-state index >= 15 is 0 Å². The Balaban J connectivity index is 0.000000251. The summed E-state index contributed by atoms with van der Waals surface area (Å²) in [5.74, 6) is 4.49. The zero-order valence-electron chi connectivity index (χ0n) is 32.2. The molecule has 3 aromatic rings. The topological polar surface area (TPSA) is 40.3 Å². The maximum Gasteiger partial charge on any atom is 4.00 e. The smallest absolute Gasteiger partial charge is 0.502 e. The van der Waals surface area contributed by atoms with Crippen molar-refractivity contribution in [2.45, 2.75) is 86.0 Å². The Hall–Kier alpha value is -4.03. The Bertz CT molecular complexity index is 1410. The Morgan fingerprint density at radius 2 is 0.942 bits per heavy atom. The minimum Gasteiger partial charge on any atom is -0.502 e. The van der Waals surface area contributed by atoms with E-state index in [0.29, 0.717) is 5.70 Å². The second-order valence-electron chi connectivity index (χ2n) is 12.9. The molecule has 3 aliphatic rings. The summed E-state index contributed by atoms with van der Waals surface area (Å²) >= 11 is 0. The molecule has 0 amide bonds. The molecule has 0 radical (unpaired) electrons. The minimum absolute atomic E-state index is 0. The van der Waals surface area contributed by atoms with E-state index in [1.807, 2.05) is 38.2 Å². The first kappa shape index (κ1) is 44.1. The third-order valence-corrected chi connectivity index (χ3v) is 8.59. The van der Waals surface area contributed by atoms with Gasteiger partial charge in [-0.05, 0) is 94.9 Å². The summed E-state index contributed by atoms with van der Waals surface area (Å²) in [4.78, 5) is 9.59. The maximum atomic E-state index is 6.76. The van der Waals surface area contributed by atoms with E-state index in [9.17, 15) is 0 Å². The monoisotopic (exact) mass is 880 g/mol. The van der Waals surface area contributed by atoms with E-state index in [1.165, 1.54) is 79.7 Å². The fraction of sp³-hybridized carbons (Fsp3) is 0.409. The summed E-state index contributed by atoms with van der Waals surface area (Å²) in [7, 11) is 1.83. The first-order valence-electron chi connectivity index (χ1n) is 18.7. The van der Waals surface area contributed by atoms with Crippen molar-refractivity contribution in [1.29, 1.82) is 0 Å². The van der Waals surface area contributed by atoms with Gasteiger partial charge < -0.3 is 42.9 Å². The molecule has 0 saturated heterocycles. The predicted octanol–water partition coefficient (Wildman–Crippen LogP) is 9.37. The van der Waals surface area contributed by atoms with Gasteiger partial charge in [-0.3, -0.25) is 11.8 Å². The molecule has 3 aliphatic heterocycles. The van der Waals surface area contributed by atoms with Gasteiger partial charge in [-0.25, -0.2) is 0 Å². The SMILES string of the molecule is CCCCN1[CH-]N(CCCC)c2ccccc21.CCCCN1[CH-]N(CCCC)c2ccccc21.[C-]#CC1=CN(C)NN1.[C-]#Cc1ccc(C)cc1.[Pt+4]. The zero-order valence-corrected chi connectivity index (χ0v) is 34.5. The Kier molecular flexibility index (Phi) is 21.2. The number of unbranched alkanes of at least 4 members (excludes halogenated alkanes) is 4. The van der Waals surface area contributed by atoms with E-state index in [4.69, 9.17) is 12.8 Å². The van der Waals surface area contributed by atoms with Crippen LogP contribution in [0.1, 0.15) is 90.2 Å². The van der Waals surface area contributed by atoms with Crippen molar-refractivity contribution in [2.24, 2.45) is 0 Å². The van der Waals surface area contributed by atoms with Crippen LogP contribution in [0.15, 0.2) is 84.7 Å². The number of anilines is 4. The molecule has 0 aliphatic carbocycles. The third-order valence-electron chi connectivity index (χ3n) is 8.59. The van der Waals surface area contributed by atoms with Gasteiger partial charge in [0.2, 0.25) is 0 Å². The quantitative estimate of drug-likeness (QED) is 0.139. The molecule has 52 heavy (non-hydrogen) atoms. The molecular formula is C44H59N7Pt. The molecular weight excluding hydrogens is 822 g/mol. The molecule has 280 valence electrons. The van der Waals surface area contributed by atoms with Crippen LogP contribution in [0.25, 0.3) is 0 Å². The van der Waals surface area contributed by atoms with Crippen LogP contribution in [-0.2, 0) is 21.1 Å². The fourth-order valence-electron chi connectivity index (χ4n) is 5.62. The number of hydrogen-bond acceptors (Lipinski definition) is 7. The van der Waals surface area contributed by atoms with Crippen LogP contribution in [0.3, 0.4) is 0 Å². The number of para-hydroxylation sites is 4. The molecule has 0 fully saturated rings. The molecule has 3 heterocycles. The van der Waals surface area contributed by atoms with Gasteiger partial charge in [0, 0.05) is 29.8 Å². The van der Waals surface area contributed by atoms with Crippen LogP contribution >= 0.6 is 0 Å². The Labute approximate surface area is 331 Å². The average Bonchev–Trinajstić information content (AvgIpc) is 3.87. The van der Waals surface area contributed by atoms with Crippen molar-refractivity contribution in [3.05, 3.63) is 122 Å². The normalized spacial score (nSPS) is 13.4. The standard InChI is InChI=1S/2C15H23N2.C9H7.C5H6N3.Pt/c2*1-3-5-11-16-13-17(12-6-4-2)15-10-8-7-9-14(15)16;1-3-9-6-4-8(2)5-7-9;1-3-5-4-8(2)7-6-5;/h2*7-10,13H,3-6,11-12H2,1-2H3;4-7H,2H3;4,6-7H,2H3;/q4*-1;+4. The molecule has 0 unspecified atom stereocenters. The molecule has 0 spiro atoms. The van der Waals surface area contributed by atoms with Crippen molar-refractivity contribution in [3.8, 4) is 11.8 Å². The first-order chi connectivity index (χ1) is 24.9. The average molecular weight is 881 g/mol. The van der Waals surface area contributed by atoms with Crippen molar-refractivity contribution in [2.75, 3.05) is 52.8 Å². The predicted molar refractivity (Wildman–Crippen MR) is 217 cm³/mol. The second-order valence-corrected chi connectivity index (χ2v) is 12.9. The van der Waals surface area contributed by atoms with E-state index < -0.39 is 0 Å². The summed E-state index contributed by atoms with van der Waals surface area (Å²) in [6.07, 6.45) is 25.2. The largest absolute Gasteiger partial charge is 4.00 e. The Morgan fingerprint density at radius 1 is 0.577 bits per heavy atom. The molecule has 3 aromatic carbocycles. The van der Waals surface area contributed by atoms with Crippen molar-refractivity contribution < 1.29 is 21.1 Å². The number of rotatable bonds is 12. The number of aryl methyl sites for hydroxylation is 1. The van der Waals surface area contributed by atoms with Gasteiger partial charge >= 0.3 is 21.1 Å². The van der Waals surface area contributed by atoms with Gasteiger partial charge in [0.05, 0.1) is 0 Å². The second kappa shape index (κ2) is 25.0. The van der Waals surface area contributed by atoms with Gasteiger partial charge in [-0.1, -0.05) is 95.3 Å². The van der Waals surface area contributed by atoms with Crippen LogP contribution in [0.4, 0.5) is 22.7 Å². The number of nitrogens with one attached hydrogen (secondary N) is 2. The first-order valence-corrected chi connectivity index (χ1v) is 18.7. The van der Waals surface area contributed by atoms with Gasteiger partial charge in [0.1, 0.15) is 0 Å². The fourth-order valence-corrected chi connectivity index (χ4v) is 5.62. The van der Waals surface area contributed by atoms with E-state index in [1.54, 1.807) is 11.2 Å². The zero-order chi connectivity index (χ0) is 36.8. The summed E-state index contributed by atoms with van der Waals surface area (Å²) in [5.41, 5.74) is 13.6. The molecule has 2 N–H and O–H groups in total. The maximum absolute atomic E-state index is 6.76. The minimum atomic E-state index is 0. The van der Waals surface area contributed by atoms with Crippen LogP contribution in [0, 0.1) is 44.9 Å². The van der Waals surface area contributed by atoms with Gasteiger partial charge in [0.25, 0.3) is 0 Å². The summed E-state index contributed by atoms with van der Waals surface area (Å²) in [6, 6.07) is 25.1. The summed E-state index contributed by atoms with van der Waals surface area (Å²) in [5, 5.41) is 1.71. The summed E-state index contributed by atoms with van der Waals surface area (Å²) < 4.78 is 0. The number of hydrogen-bond donors (Lipinski definition) is 2. The van der Waals surface area contributed by atoms with E-state index in [-0.39, 0.29) is 21.1 Å². The van der Waals surface area contributed by atoms with Gasteiger partial charge in [0.15, 0.2) is 0 Å². The van der Waals surface area contributed by atoms with Crippen LogP contribution < -0.4 is 30.6 Å².